The number of aryl methyl sites for hydroxylation is 1. The van der Waals surface area contributed by atoms with Crippen LogP contribution >= 0.6 is 0 Å². The zero-order valence-corrected chi connectivity index (χ0v) is 11.3. The van der Waals surface area contributed by atoms with Gasteiger partial charge in [-0.2, -0.15) is 18.4 Å². The molecular weight excluding hydrogens is 303 g/mol. The molecule has 1 fully saturated rings. The van der Waals surface area contributed by atoms with E-state index in [0.29, 0.717) is 11.0 Å². The zero-order valence-electron chi connectivity index (χ0n) is 11.3. The van der Waals surface area contributed by atoms with Gasteiger partial charge in [-0.3, -0.25) is 9.69 Å². The van der Waals surface area contributed by atoms with Crippen LogP contribution in [0.2, 0.25) is 0 Å². The van der Waals surface area contributed by atoms with Gasteiger partial charge in [0.1, 0.15) is 17.7 Å². The molecule has 1 N–H and O–H groups in total. The van der Waals surface area contributed by atoms with Crippen molar-refractivity contribution in [3.05, 3.63) is 22.9 Å². The third kappa shape index (κ3) is 2.59. The minimum absolute atomic E-state index is 0.0456. The number of alkyl halides is 3. The number of amides is 1. The van der Waals surface area contributed by atoms with Crippen molar-refractivity contribution in [3.8, 4) is 6.07 Å². The Bertz CT molecular complexity index is 694. The maximum absolute atomic E-state index is 13.0. The third-order valence-corrected chi connectivity index (χ3v) is 3.27. The van der Waals surface area contributed by atoms with Crippen LogP contribution in [0.3, 0.4) is 0 Å². The van der Waals surface area contributed by atoms with E-state index < -0.39 is 41.0 Å². The smallest absolute Gasteiger partial charge is 0.417 e. The molecule has 1 aromatic heterocycles. The molecular formula is C13H10F3N3O3. The Morgan fingerprint density at radius 2 is 2.18 bits per heavy atom. The molecule has 9 heteroatoms. The monoisotopic (exact) mass is 313 g/mol. The molecule has 0 saturated carbocycles. The quantitative estimate of drug-likeness (QED) is 0.899. The van der Waals surface area contributed by atoms with Gasteiger partial charge in [0.05, 0.1) is 5.56 Å². The molecule has 1 atom stereocenters. The molecule has 1 aliphatic rings. The molecule has 6 nitrogen and oxygen atoms in total. The summed E-state index contributed by atoms with van der Waals surface area (Å²) in [4.78, 5) is 27.5. The highest BCUT2D eigenvalue weighted by Gasteiger charge is 2.42. The second-order valence-corrected chi connectivity index (χ2v) is 4.78. The molecule has 2 heterocycles. The summed E-state index contributed by atoms with van der Waals surface area (Å²) in [6, 6.07) is 0.754. The SMILES string of the molecule is Cc1cc(C(F)(F)F)c(C#N)c(N2C(=O)CC[C@H]2C(=O)O)n1. The molecule has 1 aliphatic heterocycles. The predicted octanol–water partition coefficient (Wildman–Crippen LogP) is 1.86. The maximum Gasteiger partial charge on any atom is 0.417 e. The van der Waals surface area contributed by atoms with Gasteiger partial charge < -0.3 is 5.11 Å². The Balaban J connectivity index is 2.70. The van der Waals surface area contributed by atoms with Crippen LogP contribution in [-0.2, 0) is 15.8 Å². The van der Waals surface area contributed by atoms with E-state index in [0.717, 1.165) is 0 Å². The number of pyridine rings is 1. The van der Waals surface area contributed by atoms with E-state index in [1.165, 1.54) is 13.0 Å². The third-order valence-electron chi connectivity index (χ3n) is 3.27. The molecule has 1 amide bonds. The van der Waals surface area contributed by atoms with E-state index in [4.69, 9.17) is 10.4 Å². The summed E-state index contributed by atoms with van der Waals surface area (Å²) >= 11 is 0. The molecule has 22 heavy (non-hydrogen) atoms. The lowest BCUT2D eigenvalue weighted by Crippen LogP contribution is -2.40. The van der Waals surface area contributed by atoms with E-state index in [1.807, 2.05) is 0 Å². The van der Waals surface area contributed by atoms with E-state index in [1.54, 1.807) is 0 Å². The average Bonchev–Trinajstić information content (AvgIpc) is 2.78. The minimum atomic E-state index is -4.81. The lowest BCUT2D eigenvalue weighted by Gasteiger charge is -2.23. The first-order valence-electron chi connectivity index (χ1n) is 6.20. The second kappa shape index (κ2) is 5.29. The summed E-state index contributed by atoms with van der Waals surface area (Å²) in [5.41, 5.74) is -2.15. The number of aliphatic carboxylic acids is 1. The Morgan fingerprint density at radius 1 is 1.55 bits per heavy atom. The summed E-state index contributed by atoms with van der Waals surface area (Å²) < 4.78 is 39.1. The molecule has 1 saturated heterocycles. The van der Waals surface area contributed by atoms with Gasteiger partial charge in [0.15, 0.2) is 5.82 Å². The first-order chi connectivity index (χ1) is 10.2. The minimum Gasteiger partial charge on any atom is -0.480 e. The normalized spacial score (nSPS) is 18.4. The van der Waals surface area contributed by atoms with Crippen LogP contribution < -0.4 is 4.90 Å². The average molecular weight is 313 g/mol. The lowest BCUT2D eigenvalue weighted by molar-refractivity contribution is -0.139. The first kappa shape index (κ1) is 15.8. The van der Waals surface area contributed by atoms with E-state index in [9.17, 15) is 22.8 Å². The van der Waals surface area contributed by atoms with Crippen molar-refractivity contribution in [2.45, 2.75) is 32.0 Å². The topological polar surface area (TPSA) is 94.3 Å². The molecule has 0 bridgehead atoms. The van der Waals surface area contributed by atoms with Crippen LogP contribution in [0, 0.1) is 18.3 Å². The van der Waals surface area contributed by atoms with Crippen molar-refractivity contribution in [1.29, 1.82) is 5.26 Å². The lowest BCUT2D eigenvalue weighted by atomic mass is 10.1. The standard InChI is InChI=1S/C13H10F3N3O3/c1-6-4-8(13(14,15)16)7(5-17)11(18-6)19-9(12(21)22)2-3-10(19)20/h4,9H,2-3H2,1H3,(H,21,22)/t9-/m0/s1. The Labute approximate surface area is 122 Å². The van der Waals surface area contributed by atoms with E-state index in [2.05, 4.69) is 4.98 Å². The van der Waals surface area contributed by atoms with Crippen molar-refractivity contribution < 1.29 is 27.9 Å². The number of nitrogens with zero attached hydrogens (tertiary/aromatic N) is 3. The van der Waals surface area contributed by atoms with Crippen molar-refractivity contribution in [3.63, 3.8) is 0 Å². The van der Waals surface area contributed by atoms with Crippen LogP contribution in [0.4, 0.5) is 19.0 Å². The largest absolute Gasteiger partial charge is 0.480 e. The highest BCUT2D eigenvalue weighted by molar-refractivity contribution is 6.02. The van der Waals surface area contributed by atoms with E-state index in [-0.39, 0.29) is 18.5 Å². The van der Waals surface area contributed by atoms with Crippen molar-refractivity contribution in [2.75, 3.05) is 4.90 Å². The molecule has 0 aliphatic carbocycles. The van der Waals surface area contributed by atoms with Gasteiger partial charge in [0.25, 0.3) is 0 Å². The van der Waals surface area contributed by atoms with Crippen molar-refractivity contribution in [2.24, 2.45) is 0 Å². The van der Waals surface area contributed by atoms with Crippen LogP contribution in [0.15, 0.2) is 6.07 Å². The number of hydrogen-bond donors (Lipinski definition) is 1. The summed E-state index contributed by atoms with van der Waals surface area (Å²) in [5, 5.41) is 18.1. The summed E-state index contributed by atoms with van der Waals surface area (Å²) in [5.74, 6) is -2.58. The van der Waals surface area contributed by atoms with Gasteiger partial charge in [0.2, 0.25) is 5.91 Å². The Hall–Kier alpha value is -2.63. The number of nitriles is 1. The van der Waals surface area contributed by atoms with Crippen LogP contribution in [0.1, 0.15) is 29.7 Å². The summed E-state index contributed by atoms with van der Waals surface area (Å²) in [6.45, 7) is 1.27. The highest BCUT2D eigenvalue weighted by atomic mass is 19.4. The number of anilines is 1. The van der Waals surface area contributed by atoms with Crippen LogP contribution in [-0.4, -0.2) is 28.0 Å². The number of carbonyl (C=O) groups is 2. The number of hydrogen-bond acceptors (Lipinski definition) is 4. The van der Waals surface area contributed by atoms with Crippen molar-refractivity contribution >= 4 is 17.7 Å². The first-order valence-corrected chi connectivity index (χ1v) is 6.20. The predicted molar refractivity (Wildman–Crippen MR) is 66.8 cm³/mol. The maximum atomic E-state index is 13.0. The number of halogens is 3. The molecule has 0 aromatic carbocycles. The number of carbonyl (C=O) groups excluding carboxylic acids is 1. The van der Waals surface area contributed by atoms with Crippen LogP contribution in [0.5, 0.6) is 0 Å². The zero-order chi connectivity index (χ0) is 16.7. The fourth-order valence-electron chi connectivity index (χ4n) is 2.35. The fourth-order valence-corrected chi connectivity index (χ4v) is 2.35. The number of carboxylic acid groups (broad SMARTS) is 1. The van der Waals surface area contributed by atoms with Gasteiger partial charge >= 0.3 is 12.1 Å². The summed E-state index contributed by atoms with van der Waals surface area (Å²) in [6.07, 6.45) is -4.98. The summed E-state index contributed by atoms with van der Waals surface area (Å²) in [7, 11) is 0. The number of rotatable bonds is 2. The fraction of sp³-hybridized carbons (Fsp3) is 0.385. The molecule has 0 spiro atoms. The van der Waals surface area contributed by atoms with Crippen LogP contribution in [0.25, 0.3) is 0 Å². The molecule has 1 aromatic rings. The Kier molecular flexibility index (Phi) is 3.79. The molecule has 116 valence electrons. The molecule has 0 radical (unpaired) electrons. The van der Waals surface area contributed by atoms with Gasteiger partial charge in [-0.1, -0.05) is 0 Å². The van der Waals surface area contributed by atoms with E-state index >= 15 is 0 Å². The number of aromatic nitrogens is 1. The number of carboxylic acids is 1. The van der Waals surface area contributed by atoms with Gasteiger partial charge in [0, 0.05) is 12.1 Å². The molecule has 0 unspecified atom stereocenters. The van der Waals surface area contributed by atoms with Crippen molar-refractivity contribution in [1.82, 2.24) is 4.98 Å². The van der Waals surface area contributed by atoms with Gasteiger partial charge in [-0.15, -0.1) is 0 Å². The molecule has 2 rings (SSSR count). The van der Waals surface area contributed by atoms with Gasteiger partial charge in [-0.25, -0.2) is 9.78 Å². The second-order valence-electron chi connectivity index (χ2n) is 4.78. The highest BCUT2D eigenvalue weighted by Crippen LogP contribution is 2.37. The Morgan fingerprint density at radius 3 is 2.68 bits per heavy atom. The van der Waals surface area contributed by atoms with Gasteiger partial charge in [-0.05, 0) is 19.4 Å².